The predicted molar refractivity (Wildman–Crippen MR) is 147 cm³/mol. The summed E-state index contributed by atoms with van der Waals surface area (Å²) >= 11 is 3.39. The number of carbonyl (C=O) groups excluding carboxylic acids is 2. The summed E-state index contributed by atoms with van der Waals surface area (Å²) in [6.07, 6.45) is 0.492. The third kappa shape index (κ3) is 5.42. The second-order valence-corrected chi connectivity index (χ2v) is 10.2. The van der Waals surface area contributed by atoms with Crippen LogP contribution in [0.5, 0.6) is 11.5 Å². The molecule has 1 aliphatic heterocycles. The number of Topliss-reactive ketones (excluding diaryl/α,β-unsaturated/α-hetero) is 1. The number of ether oxygens (including phenoxy) is 2. The molecule has 0 spiro atoms. The van der Waals surface area contributed by atoms with Crippen LogP contribution in [0.15, 0.2) is 76.8 Å². The molecular formula is C30H30BrNO5. The van der Waals surface area contributed by atoms with E-state index in [-0.39, 0.29) is 17.9 Å². The van der Waals surface area contributed by atoms with E-state index >= 15 is 0 Å². The Balaban J connectivity index is 1.75. The molecule has 1 unspecified atom stereocenters. The Morgan fingerprint density at radius 3 is 2.19 bits per heavy atom. The highest BCUT2D eigenvalue weighted by Gasteiger charge is 2.45. The van der Waals surface area contributed by atoms with Crippen molar-refractivity contribution in [1.29, 1.82) is 0 Å². The van der Waals surface area contributed by atoms with Crippen molar-refractivity contribution in [2.45, 2.75) is 32.2 Å². The topological polar surface area (TPSA) is 76.1 Å². The first-order valence-electron chi connectivity index (χ1n) is 12.1. The summed E-state index contributed by atoms with van der Waals surface area (Å²) < 4.78 is 11.6. The maximum atomic E-state index is 13.3. The highest BCUT2D eigenvalue weighted by atomic mass is 79.9. The molecule has 1 aliphatic rings. The molecule has 6 nitrogen and oxygen atoms in total. The lowest BCUT2D eigenvalue weighted by Crippen LogP contribution is -2.31. The molecule has 37 heavy (non-hydrogen) atoms. The summed E-state index contributed by atoms with van der Waals surface area (Å²) in [7, 11) is 3.15. The Kier molecular flexibility index (Phi) is 8.03. The van der Waals surface area contributed by atoms with E-state index in [0.29, 0.717) is 29.4 Å². The summed E-state index contributed by atoms with van der Waals surface area (Å²) in [4.78, 5) is 28.1. The van der Waals surface area contributed by atoms with E-state index in [4.69, 9.17) is 9.47 Å². The van der Waals surface area contributed by atoms with Gasteiger partial charge in [0.2, 0.25) is 0 Å². The van der Waals surface area contributed by atoms with E-state index < -0.39 is 17.7 Å². The number of hydrogen-bond donors (Lipinski definition) is 1. The van der Waals surface area contributed by atoms with E-state index in [1.54, 1.807) is 43.4 Å². The Hall–Kier alpha value is -3.58. The van der Waals surface area contributed by atoms with Gasteiger partial charge in [0.25, 0.3) is 11.7 Å². The molecule has 1 atom stereocenters. The molecule has 3 aromatic carbocycles. The fourth-order valence-electron chi connectivity index (χ4n) is 4.57. The second-order valence-electron chi connectivity index (χ2n) is 9.26. The molecule has 7 heteroatoms. The fraction of sp³-hybridized carbons (Fsp3) is 0.267. The standard InChI is InChI=1S/C30H30BrNO5/c1-18(2)20-6-8-21(9-7-20)27-26(28(33)22-10-12-23(31)13-11-22)29(34)30(35)32(27)16-15-19-5-14-24(36-3)25(17-19)37-4/h5-14,17-18,27,33H,15-16H2,1-4H3/b28-26-. The van der Waals surface area contributed by atoms with Crippen molar-refractivity contribution >= 4 is 33.4 Å². The number of ketones is 1. The van der Waals surface area contributed by atoms with Gasteiger partial charge in [-0.05, 0) is 53.3 Å². The molecule has 4 rings (SSSR count). The predicted octanol–water partition coefficient (Wildman–Crippen LogP) is 6.25. The van der Waals surface area contributed by atoms with Gasteiger partial charge in [-0.3, -0.25) is 9.59 Å². The van der Waals surface area contributed by atoms with E-state index in [9.17, 15) is 14.7 Å². The van der Waals surface area contributed by atoms with Gasteiger partial charge in [-0.25, -0.2) is 0 Å². The zero-order valence-electron chi connectivity index (χ0n) is 21.3. The maximum absolute atomic E-state index is 13.3. The average Bonchev–Trinajstić information content (AvgIpc) is 3.16. The Morgan fingerprint density at radius 2 is 1.59 bits per heavy atom. The minimum absolute atomic E-state index is 0.0944. The smallest absolute Gasteiger partial charge is 0.295 e. The SMILES string of the molecule is COc1ccc(CCN2C(=O)C(=O)/C(=C(\O)c3ccc(Br)cc3)C2c2ccc(C(C)C)cc2)cc1OC. The highest BCUT2D eigenvalue weighted by molar-refractivity contribution is 9.10. The van der Waals surface area contributed by atoms with Crippen LogP contribution < -0.4 is 9.47 Å². The quantitative estimate of drug-likeness (QED) is 0.199. The van der Waals surface area contributed by atoms with Crippen molar-refractivity contribution in [2.24, 2.45) is 0 Å². The van der Waals surface area contributed by atoms with Gasteiger partial charge in [-0.2, -0.15) is 0 Å². The number of amides is 1. The van der Waals surface area contributed by atoms with Crippen LogP contribution in [0.2, 0.25) is 0 Å². The molecule has 0 radical (unpaired) electrons. The lowest BCUT2D eigenvalue weighted by atomic mass is 9.93. The Bertz CT molecular complexity index is 1330. The zero-order valence-corrected chi connectivity index (χ0v) is 22.9. The molecule has 3 aromatic rings. The van der Waals surface area contributed by atoms with E-state index in [1.807, 2.05) is 42.5 Å². The van der Waals surface area contributed by atoms with Gasteiger partial charge < -0.3 is 19.5 Å². The van der Waals surface area contributed by atoms with Crippen LogP contribution in [0.25, 0.3) is 5.76 Å². The lowest BCUT2D eigenvalue weighted by Gasteiger charge is -2.26. The van der Waals surface area contributed by atoms with Crippen LogP contribution >= 0.6 is 15.9 Å². The number of aliphatic hydroxyl groups excluding tert-OH is 1. The molecule has 0 bridgehead atoms. The van der Waals surface area contributed by atoms with Crippen LogP contribution in [0.4, 0.5) is 0 Å². The molecule has 0 aromatic heterocycles. The molecule has 0 saturated carbocycles. The van der Waals surface area contributed by atoms with Crippen LogP contribution in [-0.4, -0.2) is 42.5 Å². The van der Waals surface area contributed by atoms with Crippen molar-refractivity contribution in [3.63, 3.8) is 0 Å². The molecule has 1 heterocycles. The minimum Gasteiger partial charge on any atom is -0.507 e. The van der Waals surface area contributed by atoms with Crippen LogP contribution in [-0.2, 0) is 16.0 Å². The number of halogens is 1. The summed E-state index contributed by atoms with van der Waals surface area (Å²) in [5, 5.41) is 11.2. The average molecular weight is 564 g/mol. The van der Waals surface area contributed by atoms with Gasteiger partial charge in [0.05, 0.1) is 25.8 Å². The molecule has 1 N–H and O–H groups in total. The number of carbonyl (C=O) groups is 2. The van der Waals surface area contributed by atoms with Crippen molar-refractivity contribution < 1.29 is 24.2 Å². The Labute approximate surface area is 225 Å². The van der Waals surface area contributed by atoms with E-state index in [2.05, 4.69) is 29.8 Å². The molecule has 0 aliphatic carbocycles. The van der Waals surface area contributed by atoms with Gasteiger partial charge >= 0.3 is 0 Å². The minimum atomic E-state index is -0.704. The molecule has 1 saturated heterocycles. The largest absolute Gasteiger partial charge is 0.507 e. The van der Waals surface area contributed by atoms with Gasteiger partial charge in [-0.15, -0.1) is 0 Å². The van der Waals surface area contributed by atoms with E-state index in [0.717, 1.165) is 21.2 Å². The maximum Gasteiger partial charge on any atom is 0.295 e. The number of aliphatic hydroxyl groups is 1. The van der Waals surface area contributed by atoms with Gasteiger partial charge in [0.15, 0.2) is 11.5 Å². The summed E-state index contributed by atoms with van der Waals surface area (Å²) in [5.74, 6) is 0.0536. The molecule has 192 valence electrons. The number of likely N-dealkylation sites (tertiary alicyclic amines) is 1. The van der Waals surface area contributed by atoms with Gasteiger partial charge in [-0.1, -0.05) is 72.2 Å². The van der Waals surface area contributed by atoms with Crippen molar-refractivity contribution in [2.75, 3.05) is 20.8 Å². The van der Waals surface area contributed by atoms with Crippen LogP contribution in [0.1, 0.15) is 48.1 Å². The van der Waals surface area contributed by atoms with Crippen molar-refractivity contribution in [1.82, 2.24) is 4.90 Å². The number of nitrogens with zero attached hydrogens (tertiary/aromatic N) is 1. The van der Waals surface area contributed by atoms with E-state index in [1.165, 1.54) is 0 Å². The van der Waals surface area contributed by atoms with Crippen molar-refractivity contribution in [3.8, 4) is 11.5 Å². The second kappa shape index (κ2) is 11.2. The monoisotopic (exact) mass is 563 g/mol. The fourth-order valence-corrected chi connectivity index (χ4v) is 4.83. The van der Waals surface area contributed by atoms with Crippen molar-refractivity contribution in [3.05, 3.63) is 99.0 Å². The first-order valence-corrected chi connectivity index (χ1v) is 12.9. The number of methoxy groups -OCH3 is 2. The summed E-state index contributed by atoms with van der Waals surface area (Å²) in [5.41, 5.74) is 3.43. The van der Waals surface area contributed by atoms with Gasteiger partial charge in [0.1, 0.15) is 5.76 Å². The van der Waals surface area contributed by atoms with Crippen LogP contribution in [0, 0.1) is 0 Å². The Morgan fingerprint density at radius 1 is 0.946 bits per heavy atom. The number of benzene rings is 3. The molecule has 1 amide bonds. The summed E-state index contributed by atoms with van der Waals surface area (Å²) in [6, 6.07) is 19.8. The molecule has 1 fully saturated rings. The highest BCUT2D eigenvalue weighted by Crippen LogP contribution is 2.40. The summed E-state index contributed by atoms with van der Waals surface area (Å²) in [6.45, 7) is 4.50. The normalized spacial score (nSPS) is 16.9. The number of rotatable bonds is 8. The third-order valence-electron chi connectivity index (χ3n) is 6.67. The first-order chi connectivity index (χ1) is 17.7. The lowest BCUT2D eigenvalue weighted by molar-refractivity contribution is -0.139. The van der Waals surface area contributed by atoms with Gasteiger partial charge in [0, 0.05) is 16.6 Å². The molecular weight excluding hydrogens is 534 g/mol. The first kappa shape index (κ1) is 26.5. The zero-order chi connectivity index (χ0) is 26.7. The third-order valence-corrected chi connectivity index (χ3v) is 7.19. The number of hydrogen-bond acceptors (Lipinski definition) is 5. The van der Waals surface area contributed by atoms with Crippen LogP contribution in [0.3, 0.4) is 0 Å².